The van der Waals surface area contributed by atoms with Crippen LogP contribution in [0.2, 0.25) is 0 Å². The van der Waals surface area contributed by atoms with Crippen molar-refractivity contribution in [2.75, 3.05) is 33.0 Å². The van der Waals surface area contributed by atoms with Crippen molar-refractivity contribution in [2.45, 2.75) is 20.4 Å². The van der Waals surface area contributed by atoms with Gasteiger partial charge in [-0.1, -0.05) is 12.1 Å². The van der Waals surface area contributed by atoms with E-state index in [0.29, 0.717) is 25.6 Å². The van der Waals surface area contributed by atoms with E-state index in [-0.39, 0.29) is 5.91 Å². The molecule has 5 rings (SSSR count). The summed E-state index contributed by atoms with van der Waals surface area (Å²) in [5.41, 5.74) is 4.58. The third-order valence-corrected chi connectivity index (χ3v) is 5.72. The highest BCUT2D eigenvalue weighted by atomic mass is 16.7. The number of carbonyl (C=O) groups excluding carboxylic acids is 1. The third kappa shape index (κ3) is 3.21. The van der Waals surface area contributed by atoms with Crippen molar-refractivity contribution >= 4 is 11.6 Å². The number of rotatable bonds is 3. The fourth-order valence-corrected chi connectivity index (χ4v) is 4.13. The quantitative estimate of drug-likeness (QED) is 0.686. The number of hydrogen-bond donors (Lipinski definition) is 0. The maximum absolute atomic E-state index is 13.2. The number of piperazine rings is 1. The van der Waals surface area contributed by atoms with Crippen molar-refractivity contribution in [2.24, 2.45) is 0 Å². The molecule has 1 fully saturated rings. The molecule has 0 radical (unpaired) electrons. The van der Waals surface area contributed by atoms with E-state index < -0.39 is 0 Å². The minimum absolute atomic E-state index is 0.0586. The second-order valence-electron chi connectivity index (χ2n) is 7.69. The lowest BCUT2D eigenvalue weighted by Gasteiger charge is -2.34. The molecule has 0 spiro atoms. The van der Waals surface area contributed by atoms with Crippen molar-refractivity contribution in [3.05, 3.63) is 59.0 Å². The molecule has 7 heteroatoms. The van der Waals surface area contributed by atoms with Crippen molar-refractivity contribution in [3.8, 4) is 11.5 Å². The molecular weight excluding hydrogens is 368 g/mol. The molecule has 0 saturated carbocycles. The number of carbonyl (C=O) groups is 1. The number of aromatic nitrogens is 2. The maximum Gasteiger partial charge on any atom is 0.272 e. The van der Waals surface area contributed by atoms with E-state index in [1.165, 1.54) is 5.56 Å². The first-order chi connectivity index (χ1) is 14.1. The lowest BCUT2D eigenvalue weighted by Crippen LogP contribution is -2.48. The van der Waals surface area contributed by atoms with E-state index in [2.05, 4.69) is 16.0 Å². The Labute approximate surface area is 169 Å². The standard InChI is InChI=1S/C22H24N4O3/c1-15-4-3-7-26-20(16(2)23-21(15)26)22(27)25-10-8-24(9-11-25)13-17-5-6-18-19(12-17)29-14-28-18/h3-7,12H,8-11,13-14H2,1-2H3. The van der Waals surface area contributed by atoms with Crippen molar-refractivity contribution in [1.82, 2.24) is 19.2 Å². The van der Waals surface area contributed by atoms with Gasteiger partial charge in [0.25, 0.3) is 5.91 Å². The molecule has 0 bridgehead atoms. The fraction of sp³-hybridized carbons (Fsp3) is 0.364. The minimum atomic E-state index is 0.0586. The van der Waals surface area contributed by atoms with Gasteiger partial charge in [-0.2, -0.15) is 0 Å². The van der Waals surface area contributed by atoms with E-state index in [0.717, 1.165) is 48.0 Å². The molecule has 0 unspecified atom stereocenters. The fourth-order valence-electron chi connectivity index (χ4n) is 4.13. The van der Waals surface area contributed by atoms with Crippen LogP contribution in [-0.4, -0.2) is 58.1 Å². The molecule has 0 N–H and O–H groups in total. The summed E-state index contributed by atoms with van der Waals surface area (Å²) in [6, 6.07) is 10.1. The van der Waals surface area contributed by atoms with Crippen molar-refractivity contribution in [1.29, 1.82) is 0 Å². The van der Waals surface area contributed by atoms with Crippen LogP contribution in [0.1, 0.15) is 27.3 Å². The summed E-state index contributed by atoms with van der Waals surface area (Å²) in [5.74, 6) is 1.68. The van der Waals surface area contributed by atoms with Gasteiger partial charge in [0.05, 0.1) is 5.69 Å². The van der Waals surface area contributed by atoms with Gasteiger partial charge in [-0.05, 0) is 43.2 Å². The Bertz CT molecular complexity index is 1080. The van der Waals surface area contributed by atoms with Gasteiger partial charge in [0, 0.05) is 38.9 Å². The molecule has 2 aliphatic heterocycles. The van der Waals surface area contributed by atoms with Crippen LogP contribution in [0.3, 0.4) is 0 Å². The molecule has 4 heterocycles. The van der Waals surface area contributed by atoms with E-state index in [1.54, 1.807) is 0 Å². The summed E-state index contributed by atoms with van der Waals surface area (Å²) in [6.45, 7) is 8.17. The number of imidazole rings is 1. The Morgan fingerprint density at radius 3 is 2.69 bits per heavy atom. The summed E-state index contributed by atoms with van der Waals surface area (Å²) in [5, 5.41) is 0. The number of hydrogen-bond acceptors (Lipinski definition) is 5. The van der Waals surface area contributed by atoms with Gasteiger partial charge in [-0.15, -0.1) is 0 Å². The smallest absolute Gasteiger partial charge is 0.272 e. The van der Waals surface area contributed by atoms with Crippen LogP contribution < -0.4 is 9.47 Å². The Hall–Kier alpha value is -3.06. The van der Waals surface area contributed by atoms with E-state index in [1.807, 2.05) is 53.6 Å². The Morgan fingerprint density at radius 1 is 1.07 bits per heavy atom. The number of nitrogens with zero attached hydrogens (tertiary/aromatic N) is 4. The Kier molecular flexibility index (Phi) is 4.39. The van der Waals surface area contributed by atoms with Gasteiger partial charge in [0.15, 0.2) is 11.5 Å². The van der Waals surface area contributed by atoms with Gasteiger partial charge >= 0.3 is 0 Å². The molecule has 0 aliphatic carbocycles. The van der Waals surface area contributed by atoms with E-state index >= 15 is 0 Å². The van der Waals surface area contributed by atoms with E-state index in [9.17, 15) is 4.79 Å². The topological polar surface area (TPSA) is 59.3 Å². The van der Waals surface area contributed by atoms with Crippen LogP contribution in [0, 0.1) is 13.8 Å². The second-order valence-corrected chi connectivity index (χ2v) is 7.69. The first-order valence-corrected chi connectivity index (χ1v) is 9.94. The molecule has 1 amide bonds. The molecule has 29 heavy (non-hydrogen) atoms. The lowest BCUT2D eigenvalue weighted by molar-refractivity contribution is 0.0621. The van der Waals surface area contributed by atoms with Crippen LogP contribution in [0.15, 0.2) is 36.5 Å². The molecule has 0 atom stereocenters. The van der Waals surface area contributed by atoms with Gasteiger partial charge in [0.1, 0.15) is 11.3 Å². The summed E-state index contributed by atoms with van der Waals surface area (Å²) in [4.78, 5) is 22.1. The summed E-state index contributed by atoms with van der Waals surface area (Å²) >= 11 is 0. The molecule has 3 aromatic rings. The Balaban J connectivity index is 1.27. The normalized spacial score (nSPS) is 16.6. The number of ether oxygens (including phenoxy) is 2. The zero-order chi connectivity index (χ0) is 20.0. The van der Waals surface area contributed by atoms with Gasteiger partial charge < -0.3 is 14.4 Å². The number of benzene rings is 1. The number of fused-ring (bicyclic) bond motifs is 2. The molecule has 1 aromatic carbocycles. The highest BCUT2D eigenvalue weighted by Gasteiger charge is 2.26. The van der Waals surface area contributed by atoms with Gasteiger partial charge in [-0.25, -0.2) is 4.98 Å². The van der Waals surface area contributed by atoms with Crippen LogP contribution in [0.25, 0.3) is 5.65 Å². The van der Waals surface area contributed by atoms with Gasteiger partial charge in [0.2, 0.25) is 6.79 Å². The minimum Gasteiger partial charge on any atom is -0.454 e. The maximum atomic E-state index is 13.2. The highest BCUT2D eigenvalue weighted by Crippen LogP contribution is 2.32. The first-order valence-electron chi connectivity index (χ1n) is 9.94. The predicted octanol–water partition coefficient (Wildman–Crippen LogP) is 2.64. The zero-order valence-electron chi connectivity index (χ0n) is 16.7. The molecule has 2 aliphatic rings. The number of aryl methyl sites for hydroxylation is 2. The number of pyridine rings is 1. The SMILES string of the molecule is Cc1nc2c(C)cccn2c1C(=O)N1CCN(Cc2ccc3c(c2)OCO3)CC1. The first kappa shape index (κ1) is 18.0. The average Bonchev–Trinajstić information content (AvgIpc) is 3.32. The van der Waals surface area contributed by atoms with Crippen molar-refractivity contribution < 1.29 is 14.3 Å². The van der Waals surface area contributed by atoms with Gasteiger partial charge in [-0.3, -0.25) is 14.1 Å². The summed E-state index contributed by atoms with van der Waals surface area (Å²) in [6.07, 6.45) is 1.92. The molecule has 2 aromatic heterocycles. The lowest BCUT2D eigenvalue weighted by atomic mass is 10.1. The van der Waals surface area contributed by atoms with Crippen LogP contribution in [0.5, 0.6) is 11.5 Å². The second kappa shape index (κ2) is 7.08. The summed E-state index contributed by atoms with van der Waals surface area (Å²) in [7, 11) is 0. The predicted molar refractivity (Wildman–Crippen MR) is 108 cm³/mol. The molecule has 7 nitrogen and oxygen atoms in total. The van der Waals surface area contributed by atoms with Crippen LogP contribution in [-0.2, 0) is 6.54 Å². The molecule has 150 valence electrons. The Morgan fingerprint density at radius 2 is 1.86 bits per heavy atom. The third-order valence-electron chi connectivity index (χ3n) is 5.72. The molecular formula is C22H24N4O3. The summed E-state index contributed by atoms with van der Waals surface area (Å²) < 4.78 is 12.8. The van der Waals surface area contributed by atoms with Crippen LogP contribution >= 0.6 is 0 Å². The molecule has 1 saturated heterocycles. The zero-order valence-corrected chi connectivity index (χ0v) is 16.7. The highest BCUT2D eigenvalue weighted by molar-refractivity contribution is 5.95. The monoisotopic (exact) mass is 392 g/mol. The van der Waals surface area contributed by atoms with E-state index in [4.69, 9.17) is 9.47 Å². The van der Waals surface area contributed by atoms with Crippen molar-refractivity contribution in [3.63, 3.8) is 0 Å². The average molecular weight is 392 g/mol. The number of amides is 1. The van der Waals surface area contributed by atoms with Crippen LogP contribution in [0.4, 0.5) is 0 Å². The largest absolute Gasteiger partial charge is 0.454 e.